The lowest BCUT2D eigenvalue weighted by molar-refractivity contribution is -0.140. The van der Waals surface area contributed by atoms with Gasteiger partial charge >= 0.3 is 5.97 Å². The van der Waals surface area contributed by atoms with E-state index in [0.717, 1.165) is 12.0 Å². The zero-order valence-electron chi connectivity index (χ0n) is 15.4. The third-order valence-corrected chi connectivity index (χ3v) is 7.71. The van der Waals surface area contributed by atoms with E-state index >= 15 is 0 Å². The number of carbonyl (C=O) groups excluding carboxylic acids is 1. The van der Waals surface area contributed by atoms with E-state index in [4.69, 9.17) is 27.9 Å². The van der Waals surface area contributed by atoms with E-state index in [0.29, 0.717) is 18.6 Å². The van der Waals surface area contributed by atoms with Gasteiger partial charge in [0.15, 0.2) is 0 Å². The summed E-state index contributed by atoms with van der Waals surface area (Å²) in [5.74, 6) is -0.184. The standard InChI is InChI=1S/C20H21Cl2NO4S/c1-2-14-6-8-16(9-7-14)27-20(24)15-10-12-23(13-11-15)28(25,26)19-17(21)4-3-5-18(19)22/h3-9,15H,2,10-13H2,1H3. The van der Waals surface area contributed by atoms with Crippen LogP contribution in [-0.2, 0) is 21.2 Å². The molecule has 28 heavy (non-hydrogen) atoms. The molecule has 1 aliphatic heterocycles. The molecule has 0 saturated carbocycles. The van der Waals surface area contributed by atoms with Crippen LogP contribution in [0.15, 0.2) is 47.4 Å². The van der Waals surface area contributed by atoms with E-state index in [1.807, 2.05) is 12.1 Å². The smallest absolute Gasteiger partial charge is 0.314 e. The van der Waals surface area contributed by atoms with Crippen LogP contribution in [0.5, 0.6) is 5.75 Å². The predicted molar refractivity (Wildman–Crippen MR) is 109 cm³/mol. The Morgan fingerprint density at radius 2 is 1.64 bits per heavy atom. The molecule has 8 heteroatoms. The first-order valence-electron chi connectivity index (χ1n) is 9.07. The quantitative estimate of drug-likeness (QED) is 0.503. The van der Waals surface area contributed by atoms with Gasteiger partial charge in [-0.25, -0.2) is 8.42 Å². The second kappa shape index (κ2) is 8.82. The molecule has 1 aliphatic rings. The SMILES string of the molecule is CCc1ccc(OC(=O)C2CCN(S(=O)(=O)c3c(Cl)cccc3Cl)CC2)cc1. The van der Waals surface area contributed by atoms with Crippen LogP contribution in [0.4, 0.5) is 0 Å². The second-order valence-corrected chi connectivity index (χ2v) is 9.34. The van der Waals surface area contributed by atoms with E-state index in [2.05, 4.69) is 6.92 Å². The summed E-state index contributed by atoms with van der Waals surface area (Å²) in [6.07, 6.45) is 1.68. The first-order valence-corrected chi connectivity index (χ1v) is 11.3. The van der Waals surface area contributed by atoms with Gasteiger partial charge in [-0.3, -0.25) is 4.79 Å². The molecule has 0 aliphatic carbocycles. The Labute approximate surface area is 175 Å². The minimum Gasteiger partial charge on any atom is -0.426 e. The van der Waals surface area contributed by atoms with Crippen LogP contribution in [0.1, 0.15) is 25.3 Å². The van der Waals surface area contributed by atoms with E-state index in [9.17, 15) is 13.2 Å². The summed E-state index contributed by atoms with van der Waals surface area (Å²) in [6.45, 7) is 2.47. The predicted octanol–water partition coefficient (Wildman–Crippen LogP) is 4.56. The highest BCUT2D eigenvalue weighted by atomic mass is 35.5. The lowest BCUT2D eigenvalue weighted by Gasteiger charge is -2.30. The summed E-state index contributed by atoms with van der Waals surface area (Å²) >= 11 is 12.1. The maximum Gasteiger partial charge on any atom is 0.314 e. The van der Waals surface area contributed by atoms with Crippen molar-refractivity contribution < 1.29 is 17.9 Å². The summed E-state index contributed by atoms with van der Waals surface area (Å²) in [5, 5.41) is 0.175. The Hall–Kier alpha value is -1.60. The van der Waals surface area contributed by atoms with Crippen LogP contribution >= 0.6 is 23.2 Å². The fourth-order valence-corrected chi connectivity index (χ4v) is 5.74. The number of hydrogen-bond donors (Lipinski definition) is 0. The molecule has 1 saturated heterocycles. The lowest BCUT2D eigenvalue weighted by atomic mass is 9.98. The van der Waals surface area contributed by atoms with Crippen molar-refractivity contribution in [2.24, 2.45) is 5.92 Å². The number of sulfonamides is 1. The van der Waals surface area contributed by atoms with Gasteiger partial charge in [0.1, 0.15) is 10.6 Å². The molecular formula is C20H21Cl2NO4S. The van der Waals surface area contributed by atoms with Crippen LogP contribution in [0.2, 0.25) is 10.0 Å². The van der Waals surface area contributed by atoms with Gasteiger partial charge in [-0.05, 0) is 49.1 Å². The maximum absolute atomic E-state index is 12.9. The number of esters is 1. The number of nitrogens with zero attached hydrogens (tertiary/aromatic N) is 1. The molecule has 0 atom stereocenters. The molecule has 0 spiro atoms. The lowest BCUT2D eigenvalue weighted by Crippen LogP contribution is -2.41. The van der Waals surface area contributed by atoms with Gasteiger partial charge in [-0.2, -0.15) is 4.31 Å². The Kier molecular flexibility index (Phi) is 6.65. The maximum atomic E-state index is 12.9. The van der Waals surface area contributed by atoms with Gasteiger partial charge in [0.2, 0.25) is 10.0 Å². The molecule has 0 aromatic heterocycles. The van der Waals surface area contributed by atoms with E-state index in [1.165, 1.54) is 16.4 Å². The summed E-state index contributed by atoms with van der Waals surface area (Å²) in [7, 11) is -3.82. The average Bonchev–Trinajstić information content (AvgIpc) is 2.68. The number of aryl methyl sites for hydroxylation is 1. The van der Waals surface area contributed by atoms with Crippen LogP contribution < -0.4 is 4.74 Å². The summed E-state index contributed by atoms with van der Waals surface area (Å²) in [4.78, 5) is 12.3. The van der Waals surface area contributed by atoms with E-state index in [1.54, 1.807) is 18.2 Å². The Morgan fingerprint density at radius 3 is 2.18 bits per heavy atom. The van der Waals surface area contributed by atoms with Gasteiger partial charge in [0, 0.05) is 13.1 Å². The third-order valence-electron chi connectivity index (χ3n) is 4.85. The number of ether oxygens (including phenoxy) is 1. The van der Waals surface area contributed by atoms with E-state index < -0.39 is 10.0 Å². The van der Waals surface area contributed by atoms with Crippen molar-refractivity contribution in [2.45, 2.75) is 31.1 Å². The first kappa shape index (κ1) is 21.1. The van der Waals surface area contributed by atoms with Gasteiger partial charge in [-0.1, -0.05) is 48.3 Å². The summed E-state index contributed by atoms with van der Waals surface area (Å²) < 4.78 is 32.6. The van der Waals surface area contributed by atoms with Crippen LogP contribution in [0, 0.1) is 5.92 Å². The molecule has 5 nitrogen and oxygen atoms in total. The number of carbonyl (C=O) groups is 1. The van der Waals surface area contributed by atoms with Gasteiger partial charge in [-0.15, -0.1) is 0 Å². The van der Waals surface area contributed by atoms with Crippen molar-refractivity contribution in [1.82, 2.24) is 4.31 Å². The normalized spacial score (nSPS) is 16.1. The van der Waals surface area contributed by atoms with Crippen molar-refractivity contribution in [1.29, 1.82) is 0 Å². The number of halogens is 2. The summed E-state index contributed by atoms with van der Waals surface area (Å²) in [6, 6.07) is 12.0. The fraction of sp³-hybridized carbons (Fsp3) is 0.350. The molecule has 2 aromatic carbocycles. The third kappa shape index (κ3) is 4.51. The highest BCUT2D eigenvalue weighted by Crippen LogP contribution is 2.33. The zero-order valence-corrected chi connectivity index (χ0v) is 17.7. The summed E-state index contributed by atoms with van der Waals surface area (Å²) in [5.41, 5.74) is 1.16. The molecule has 150 valence electrons. The van der Waals surface area contributed by atoms with Crippen molar-refractivity contribution >= 4 is 39.2 Å². The minimum absolute atomic E-state index is 0.0876. The van der Waals surface area contributed by atoms with Crippen LogP contribution in [-0.4, -0.2) is 31.8 Å². The van der Waals surface area contributed by atoms with Gasteiger partial charge in [0.05, 0.1) is 16.0 Å². The molecule has 3 rings (SSSR count). The molecule has 0 unspecified atom stereocenters. The van der Waals surface area contributed by atoms with E-state index in [-0.39, 0.29) is 39.9 Å². The molecule has 0 radical (unpaired) electrons. The van der Waals surface area contributed by atoms with Gasteiger partial charge in [0.25, 0.3) is 0 Å². The molecule has 1 heterocycles. The number of rotatable bonds is 5. The van der Waals surface area contributed by atoms with Crippen molar-refractivity contribution in [2.75, 3.05) is 13.1 Å². The topological polar surface area (TPSA) is 63.7 Å². The fourth-order valence-electron chi connectivity index (χ4n) is 3.18. The number of benzene rings is 2. The molecule has 2 aromatic rings. The number of hydrogen-bond acceptors (Lipinski definition) is 4. The highest BCUT2D eigenvalue weighted by molar-refractivity contribution is 7.89. The highest BCUT2D eigenvalue weighted by Gasteiger charge is 2.35. The molecule has 1 fully saturated rings. The van der Waals surface area contributed by atoms with Crippen molar-refractivity contribution in [3.05, 3.63) is 58.1 Å². The molecule has 0 bridgehead atoms. The first-order chi connectivity index (χ1) is 13.3. The Bertz CT molecular complexity index is 932. The molecule has 0 N–H and O–H groups in total. The monoisotopic (exact) mass is 441 g/mol. The second-order valence-electron chi connectivity index (χ2n) is 6.65. The van der Waals surface area contributed by atoms with Crippen molar-refractivity contribution in [3.63, 3.8) is 0 Å². The largest absolute Gasteiger partial charge is 0.426 e. The molecule has 0 amide bonds. The Balaban J connectivity index is 1.64. The zero-order chi connectivity index (χ0) is 20.3. The average molecular weight is 442 g/mol. The minimum atomic E-state index is -3.82. The Morgan fingerprint density at radius 1 is 1.07 bits per heavy atom. The number of piperidine rings is 1. The van der Waals surface area contributed by atoms with Crippen molar-refractivity contribution in [3.8, 4) is 5.75 Å². The molecular weight excluding hydrogens is 421 g/mol. The van der Waals surface area contributed by atoms with Crippen LogP contribution in [0.25, 0.3) is 0 Å². The van der Waals surface area contributed by atoms with Gasteiger partial charge < -0.3 is 4.74 Å². The van der Waals surface area contributed by atoms with Crippen LogP contribution in [0.3, 0.4) is 0 Å².